The van der Waals surface area contributed by atoms with Crippen molar-refractivity contribution in [2.45, 2.75) is 41.5 Å². The van der Waals surface area contributed by atoms with Crippen LogP contribution in [0.3, 0.4) is 0 Å². The van der Waals surface area contributed by atoms with Gasteiger partial charge in [0.05, 0.1) is 11.0 Å². The van der Waals surface area contributed by atoms with Gasteiger partial charge in [-0.3, -0.25) is 9.80 Å². The molecule has 0 aliphatic rings. The second-order valence-corrected chi connectivity index (χ2v) is 15.2. The predicted octanol–water partition coefficient (Wildman–Crippen LogP) is 13.6. The van der Waals surface area contributed by atoms with Gasteiger partial charge in [0.25, 0.3) is 0 Å². The van der Waals surface area contributed by atoms with Gasteiger partial charge in [-0.25, -0.2) is 0 Å². The highest BCUT2D eigenvalue weighted by molar-refractivity contribution is 6.09. The SMILES string of the molecule is Cc1ccc(N(c2ccc(C)cc2)c2nc(Oc3ccc(-n4c5ccc(C)cc5c5cc(C)ccc54)cc3)nc(N(c3ccc(C)cc3)c3ccc(C)cc3)n2)cc1. The van der Waals surface area contributed by atoms with Crippen LogP contribution in [0, 0.1) is 41.5 Å². The molecule has 2 aromatic heterocycles. The van der Waals surface area contributed by atoms with Crippen LogP contribution in [0.2, 0.25) is 0 Å². The van der Waals surface area contributed by atoms with E-state index < -0.39 is 0 Å². The third-order valence-corrected chi connectivity index (χ3v) is 10.5. The summed E-state index contributed by atoms with van der Waals surface area (Å²) < 4.78 is 8.95. The van der Waals surface area contributed by atoms with Gasteiger partial charge in [0.1, 0.15) is 5.75 Å². The first kappa shape index (κ1) is 36.4. The van der Waals surface area contributed by atoms with E-state index in [1.807, 2.05) is 21.9 Å². The van der Waals surface area contributed by atoms with Crippen molar-refractivity contribution in [2.75, 3.05) is 9.80 Å². The smallest absolute Gasteiger partial charge is 0.328 e. The number of anilines is 6. The summed E-state index contributed by atoms with van der Waals surface area (Å²) in [5.74, 6) is 1.45. The predicted molar refractivity (Wildman–Crippen MR) is 238 cm³/mol. The summed E-state index contributed by atoms with van der Waals surface area (Å²) in [5, 5.41) is 2.48. The zero-order valence-corrected chi connectivity index (χ0v) is 33.6. The van der Waals surface area contributed by atoms with E-state index in [0.29, 0.717) is 17.6 Å². The van der Waals surface area contributed by atoms with Gasteiger partial charge in [-0.05, 0) is 139 Å². The molecular weight excluding hydrogens is 713 g/mol. The minimum absolute atomic E-state index is 0.170. The number of hydrogen-bond donors (Lipinski definition) is 0. The molecular formula is C51H44N6O. The van der Waals surface area contributed by atoms with Crippen LogP contribution >= 0.6 is 0 Å². The fourth-order valence-corrected chi connectivity index (χ4v) is 7.41. The first-order valence-electron chi connectivity index (χ1n) is 19.6. The highest BCUT2D eigenvalue weighted by Crippen LogP contribution is 2.39. The number of rotatable bonds is 9. The lowest BCUT2D eigenvalue weighted by atomic mass is 10.1. The first-order chi connectivity index (χ1) is 28.2. The second kappa shape index (κ2) is 15.0. The normalized spacial score (nSPS) is 11.3. The number of nitrogens with zero attached hydrogens (tertiary/aromatic N) is 6. The molecule has 2 heterocycles. The van der Waals surface area contributed by atoms with E-state index >= 15 is 0 Å². The molecule has 0 aliphatic heterocycles. The third-order valence-electron chi connectivity index (χ3n) is 10.5. The van der Waals surface area contributed by atoms with E-state index in [4.69, 9.17) is 19.7 Å². The van der Waals surface area contributed by atoms with Crippen molar-refractivity contribution in [3.63, 3.8) is 0 Å². The Kier molecular flexibility index (Phi) is 9.42. The van der Waals surface area contributed by atoms with Crippen molar-refractivity contribution in [3.05, 3.63) is 191 Å². The molecule has 0 spiro atoms. The van der Waals surface area contributed by atoms with Crippen molar-refractivity contribution < 1.29 is 4.74 Å². The van der Waals surface area contributed by atoms with Crippen molar-refractivity contribution >= 4 is 56.5 Å². The minimum Gasteiger partial charge on any atom is -0.424 e. The number of fused-ring (bicyclic) bond motifs is 3. The van der Waals surface area contributed by atoms with Crippen molar-refractivity contribution in [2.24, 2.45) is 0 Å². The Balaban J connectivity index is 1.19. The topological polar surface area (TPSA) is 59.3 Å². The van der Waals surface area contributed by atoms with Gasteiger partial charge >= 0.3 is 6.01 Å². The van der Waals surface area contributed by atoms with E-state index in [2.05, 4.69) is 192 Å². The molecule has 0 N–H and O–H groups in total. The molecule has 7 aromatic carbocycles. The van der Waals surface area contributed by atoms with Gasteiger partial charge in [-0.2, -0.15) is 15.0 Å². The summed E-state index contributed by atoms with van der Waals surface area (Å²) in [6.07, 6.45) is 0. The van der Waals surface area contributed by atoms with Crippen LogP contribution in [0.4, 0.5) is 34.6 Å². The third kappa shape index (κ3) is 7.14. The number of aromatic nitrogens is 4. The average Bonchev–Trinajstić information content (AvgIpc) is 3.53. The largest absolute Gasteiger partial charge is 0.424 e. The fourth-order valence-electron chi connectivity index (χ4n) is 7.41. The Morgan fingerprint density at radius 3 is 1.09 bits per heavy atom. The maximum Gasteiger partial charge on any atom is 0.328 e. The summed E-state index contributed by atoms with van der Waals surface area (Å²) in [4.78, 5) is 19.4. The molecule has 0 bridgehead atoms. The molecule has 0 atom stereocenters. The Morgan fingerprint density at radius 2 is 0.724 bits per heavy atom. The molecule has 0 radical (unpaired) electrons. The zero-order chi connectivity index (χ0) is 39.9. The molecule has 9 aromatic rings. The van der Waals surface area contributed by atoms with E-state index in [1.165, 1.54) is 21.9 Å². The van der Waals surface area contributed by atoms with Gasteiger partial charge in [0.15, 0.2) is 0 Å². The summed E-state index contributed by atoms with van der Waals surface area (Å²) in [6.45, 7) is 12.6. The Labute approximate surface area is 339 Å². The standard InChI is InChI=1S/C51H44N6O/c1-33-7-17-39(18-8-33)55(40-19-9-34(2)10-20-40)49-52-50(56(41-21-11-35(3)12-22-41)42-23-13-36(4)14-24-42)54-51(53-49)58-44-27-25-43(26-28-44)57-47-29-15-37(5)31-45(47)46-32-38(6)16-30-48(46)57/h7-32H,1-6H3. The quantitative estimate of drug-likeness (QED) is 0.146. The van der Waals surface area contributed by atoms with Gasteiger partial charge in [0.2, 0.25) is 11.9 Å². The van der Waals surface area contributed by atoms with Crippen LogP contribution in [0.15, 0.2) is 158 Å². The highest BCUT2D eigenvalue weighted by atomic mass is 16.5. The molecule has 0 amide bonds. The summed E-state index contributed by atoms with van der Waals surface area (Å²) in [6, 6.07) is 55.1. The Bertz CT molecular complexity index is 2630. The summed E-state index contributed by atoms with van der Waals surface area (Å²) in [7, 11) is 0. The molecule has 0 aliphatic carbocycles. The maximum absolute atomic E-state index is 6.63. The lowest BCUT2D eigenvalue weighted by Gasteiger charge is -2.27. The van der Waals surface area contributed by atoms with Crippen molar-refractivity contribution in [1.82, 2.24) is 19.5 Å². The van der Waals surface area contributed by atoms with Gasteiger partial charge in [0, 0.05) is 39.2 Å². The molecule has 9 rings (SSSR count). The zero-order valence-electron chi connectivity index (χ0n) is 33.6. The molecule has 0 saturated heterocycles. The lowest BCUT2D eigenvalue weighted by molar-refractivity contribution is 0.440. The minimum atomic E-state index is 0.170. The molecule has 7 nitrogen and oxygen atoms in total. The van der Waals surface area contributed by atoms with Gasteiger partial charge < -0.3 is 9.30 Å². The first-order valence-corrected chi connectivity index (χ1v) is 19.6. The van der Waals surface area contributed by atoms with Crippen LogP contribution in [0.1, 0.15) is 33.4 Å². The monoisotopic (exact) mass is 756 g/mol. The van der Waals surface area contributed by atoms with E-state index in [1.54, 1.807) is 0 Å². The van der Waals surface area contributed by atoms with Crippen LogP contribution in [-0.2, 0) is 0 Å². The molecule has 284 valence electrons. The number of aryl methyl sites for hydroxylation is 6. The molecule has 58 heavy (non-hydrogen) atoms. The molecule has 0 fully saturated rings. The maximum atomic E-state index is 6.63. The average molecular weight is 757 g/mol. The van der Waals surface area contributed by atoms with Gasteiger partial charge in [-0.15, -0.1) is 0 Å². The molecule has 7 heteroatoms. The molecule has 0 saturated carbocycles. The number of benzene rings is 7. The van der Waals surface area contributed by atoms with Crippen LogP contribution in [-0.4, -0.2) is 19.5 Å². The molecule has 0 unspecified atom stereocenters. The Morgan fingerprint density at radius 1 is 0.379 bits per heavy atom. The number of ether oxygens (including phenoxy) is 1. The summed E-state index contributed by atoms with van der Waals surface area (Å²) in [5.41, 5.74) is 14.1. The fraction of sp³-hybridized carbons (Fsp3) is 0.118. The highest BCUT2D eigenvalue weighted by Gasteiger charge is 2.24. The summed E-state index contributed by atoms with van der Waals surface area (Å²) >= 11 is 0. The van der Waals surface area contributed by atoms with E-state index in [-0.39, 0.29) is 6.01 Å². The Hall–Kier alpha value is -7.25. The van der Waals surface area contributed by atoms with Crippen LogP contribution in [0.5, 0.6) is 11.8 Å². The van der Waals surface area contributed by atoms with Gasteiger partial charge in [-0.1, -0.05) is 94.0 Å². The van der Waals surface area contributed by atoms with Crippen LogP contribution in [0.25, 0.3) is 27.5 Å². The number of hydrogen-bond acceptors (Lipinski definition) is 6. The van der Waals surface area contributed by atoms with Crippen molar-refractivity contribution in [3.8, 4) is 17.4 Å². The lowest BCUT2D eigenvalue weighted by Crippen LogP contribution is -2.19. The van der Waals surface area contributed by atoms with Crippen molar-refractivity contribution in [1.29, 1.82) is 0 Å². The van der Waals surface area contributed by atoms with E-state index in [0.717, 1.165) is 61.7 Å². The van der Waals surface area contributed by atoms with E-state index in [9.17, 15) is 0 Å². The second-order valence-electron chi connectivity index (χ2n) is 15.2. The van der Waals surface area contributed by atoms with Crippen LogP contribution < -0.4 is 14.5 Å².